The summed E-state index contributed by atoms with van der Waals surface area (Å²) in [5.74, 6) is -1.77. The second-order valence-electron chi connectivity index (χ2n) is 10.6. The van der Waals surface area contributed by atoms with Crippen molar-refractivity contribution in [2.24, 2.45) is 7.05 Å². The Labute approximate surface area is 233 Å². The topological polar surface area (TPSA) is 110 Å². The fourth-order valence-electron chi connectivity index (χ4n) is 4.93. The summed E-state index contributed by atoms with van der Waals surface area (Å²) in [5.41, 5.74) is -1.05. The number of aromatic nitrogens is 3. The number of anilines is 3. The molecule has 0 unspecified atom stereocenters. The number of likely N-dealkylation sites (N-methyl/N-ethyl adjacent to an activating group) is 1. The Morgan fingerprint density at radius 1 is 0.976 bits per heavy atom. The molecule has 214 valence electrons. The number of hydrogen-bond donors (Lipinski definition) is 2. The van der Waals surface area contributed by atoms with Crippen molar-refractivity contribution in [2.45, 2.75) is 32.7 Å². The van der Waals surface area contributed by atoms with Crippen molar-refractivity contribution in [2.75, 3.05) is 31.3 Å². The van der Waals surface area contributed by atoms with Gasteiger partial charge in [0.2, 0.25) is 5.91 Å². The molecule has 1 aliphatic carbocycles. The standard InChI is InChI=1S/C29H30F2N6O4/c1-15-6-11-21(20(31)12-15)33-26-24-25(16(2)27(39)35(26)5)36(29(41)37(28(24)40)17-7-8-17)18-9-10-19(30)22(13-18)32-23(38)14-34(3)4/h6,9-13,17,33H,7-8,14H2,1-5H3,(H,32,38). The summed E-state index contributed by atoms with van der Waals surface area (Å²) >= 11 is 0. The molecule has 2 aromatic heterocycles. The largest absolute Gasteiger partial charge is 0.338 e. The second-order valence-corrected chi connectivity index (χ2v) is 10.6. The first kappa shape index (κ1) is 28.0. The number of hydrogen-bond acceptors (Lipinski definition) is 6. The van der Waals surface area contributed by atoms with Gasteiger partial charge >= 0.3 is 5.69 Å². The van der Waals surface area contributed by atoms with Gasteiger partial charge in [-0.05, 0) is 76.7 Å². The summed E-state index contributed by atoms with van der Waals surface area (Å²) in [7, 11) is 4.84. The molecule has 12 heteroatoms. The minimum absolute atomic E-state index is 0.00114. The number of carbonyl (C=O) groups is 1. The summed E-state index contributed by atoms with van der Waals surface area (Å²) in [4.78, 5) is 55.3. The van der Waals surface area contributed by atoms with Crippen molar-refractivity contribution in [1.82, 2.24) is 18.6 Å². The van der Waals surface area contributed by atoms with Crippen LogP contribution in [0.25, 0.3) is 16.6 Å². The lowest BCUT2D eigenvalue weighted by Crippen LogP contribution is -2.41. The average molecular weight is 565 g/mol. The Kier molecular flexibility index (Phi) is 7.12. The highest BCUT2D eigenvalue weighted by atomic mass is 19.1. The Bertz CT molecular complexity index is 1900. The first-order valence-electron chi connectivity index (χ1n) is 13.1. The van der Waals surface area contributed by atoms with E-state index in [0.29, 0.717) is 18.4 Å². The molecule has 41 heavy (non-hydrogen) atoms. The number of carbonyl (C=O) groups excluding carboxylic acids is 1. The normalized spacial score (nSPS) is 13.2. The van der Waals surface area contributed by atoms with E-state index in [-0.39, 0.29) is 51.9 Å². The highest BCUT2D eigenvalue weighted by Crippen LogP contribution is 2.34. The monoisotopic (exact) mass is 564 g/mol. The molecule has 1 fully saturated rings. The number of nitrogens with zero attached hydrogens (tertiary/aromatic N) is 4. The fraction of sp³-hybridized carbons (Fsp3) is 0.310. The molecule has 0 aliphatic heterocycles. The van der Waals surface area contributed by atoms with Crippen LogP contribution < -0.4 is 27.4 Å². The maximum Gasteiger partial charge on any atom is 0.336 e. The van der Waals surface area contributed by atoms with Crippen LogP contribution in [-0.2, 0) is 11.8 Å². The molecule has 0 radical (unpaired) electrons. The van der Waals surface area contributed by atoms with Gasteiger partial charge in [0.25, 0.3) is 11.1 Å². The number of rotatable bonds is 7. The van der Waals surface area contributed by atoms with Gasteiger partial charge < -0.3 is 15.5 Å². The Morgan fingerprint density at radius 2 is 1.68 bits per heavy atom. The van der Waals surface area contributed by atoms with E-state index in [1.807, 2.05) is 0 Å². The number of aryl methyl sites for hydroxylation is 2. The lowest BCUT2D eigenvalue weighted by molar-refractivity contribution is -0.116. The number of fused-ring (bicyclic) bond motifs is 1. The van der Waals surface area contributed by atoms with E-state index in [4.69, 9.17) is 0 Å². The summed E-state index contributed by atoms with van der Waals surface area (Å²) in [5, 5.41) is 5.42. The van der Waals surface area contributed by atoms with Crippen molar-refractivity contribution in [3.8, 4) is 5.69 Å². The smallest absolute Gasteiger partial charge is 0.336 e. The quantitative estimate of drug-likeness (QED) is 0.357. The van der Waals surface area contributed by atoms with Gasteiger partial charge in [-0.3, -0.25) is 28.1 Å². The molecule has 0 atom stereocenters. The zero-order chi connectivity index (χ0) is 29.7. The number of halogens is 2. The molecule has 1 aliphatic rings. The summed E-state index contributed by atoms with van der Waals surface area (Å²) in [6.45, 7) is 3.22. The Hall–Kier alpha value is -4.58. The Balaban J connectivity index is 1.83. The van der Waals surface area contributed by atoms with E-state index in [9.17, 15) is 28.0 Å². The summed E-state index contributed by atoms with van der Waals surface area (Å²) < 4.78 is 33.2. The van der Waals surface area contributed by atoms with Gasteiger partial charge in [-0.2, -0.15) is 0 Å². The van der Waals surface area contributed by atoms with Gasteiger partial charge in [-0.15, -0.1) is 0 Å². The SMILES string of the molecule is Cc1ccc(Nc2c3c(=O)n(C4CC4)c(=O)n(-c4ccc(F)c(NC(=O)CN(C)C)c4)c3c(C)c(=O)n2C)c(F)c1. The van der Waals surface area contributed by atoms with Gasteiger partial charge in [-0.25, -0.2) is 13.6 Å². The molecule has 4 aromatic rings. The van der Waals surface area contributed by atoms with E-state index in [1.165, 1.54) is 47.4 Å². The highest BCUT2D eigenvalue weighted by molar-refractivity contribution is 5.95. The fourth-order valence-corrected chi connectivity index (χ4v) is 4.93. The van der Waals surface area contributed by atoms with Crippen LogP contribution in [0.2, 0.25) is 0 Å². The molecular weight excluding hydrogens is 534 g/mol. The van der Waals surface area contributed by atoms with E-state index in [1.54, 1.807) is 32.0 Å². The molecule has 10 nitrogen and oxygen atoms in total. The van der Waals surface area contributed by atoms with E-state index < -0.39 is 34.3 Å². The molecule has 5 rings (SSSR count). The van der Waals surface area contributed by atoms with E-state index in [2.05, 4.69) is 10.6 Å². The number of pyridine rings is 1. The zero-order valence-electron chi connectivity index (χ0n) is 23.3. The number of benzene rings is 2. The van der Waals surface area contributed by atoms with Gasteiger partial charge in [0.05, 0.1) is 29.1 Å². The number of nitrogens with one attached hydrogen (secondary N) is 2. The predicted molar refractivity (Wildman–Crippen MR) is 154 cm³/mol. The summed E-state index contributed by atoms with van der Waals surface area (Å²) in [6.07, 6.45) is 1.21. The van der Waals surface area contributed by atoms with Crippen LogP contribution in [0.15, 0.2) is 50.8 Å². The predicted octanol–water partition coefficient (Wildman–Crippen LogP) is 3.32. The lowest BCUT2D eigenvalue weighted by Gasteiger charge is -2.21. The van der Waals surface area contributed by atoms with Gasteiger partial charge in [0.15, 0.2) is 0 Å². The van der Waals surface area contributed by atoms with Crippen molar-refractivity contribution in [3.05, 3.63) is 90.4 Å². The molecule has 0 bridgehead atoms. The third-order valence-electron chi connectivity index (χ3n) is 7.08. The second kappa shape index (κ2) is 10.4. The zero-order valence-corrected chi connectivity index (χ0v) is 23.3. The van der Waals surface area contributed by atoms with Gasteiger partial charge in [-0.1, -0.05) is 6.07 Å². The molecule has 2 N–H and O–H groups in total. The molecule has 1 amide bonds. The van der Waals surface area contributed by atoms with Gasteiger partial charge in [0.1, 0.15) is 22.8 Å². The lowest BCUT2D eigenvalue weighted by atomic mass is 10.1. The molecule has 0 spiro atoms. The van der Waals surface area contributed by atoms with Crippen LogP contribution in [0, 0.1) is 25.5 Å². The first-order chi connectivity index (χ1) is 19.4. The molecule has 0 saturated heterocycles. The summed E-state index contributed by atoms with van der Waals surface area (Å²) in [6, 6.07) is 7.87. The highest BCUT2D eigenvalue weighted by Gasteiger charge is 2.32. The van der Waals surface area contributed by atoms with Crippen LogP contribution in [0.4, 0.5) is 26.0 Å². The van der Waals surface area contributed by atoms with Crippen molar-refractivity contribution in [1.29, 1.82) is 0 Å². The van der Waals surface area contributed by atoms with Crippen molar-refractivity contribution >= 4 is 34.0 Å². The van der Waals surface area contributed by atoms with E-state index >= 15 is 0 Å². The first-order valence-corrected chi connectivity index (χ1v) is 13.1. The Morgan fingerprint density at radius 3 is 2.32 bits per heavy atom. The minimum atomic E-state index is -0.724. The minimum Gasteiger partial charge on any atom is -0.338 e. The van der Waals surface area contributed by atoms with Crippen molar-refractivity contribution < 1.29 is 13.6 Å². The van der Waals surface area contributed by atoms with Gasteiger partial charge in [0, 0.05) is 18.7 Å². The number of amides is 1. The third-order valence-corrected chi connectivity index (χ3v) is 7.08. The van der Waals surface area contributed by atoms with E-state index in [0.717, 1.165) is 10.6 Å². The van der Waals surface area contributed by atoms with Crippen molar-refractivity contribution in [3.63, 3.8) is 0 Å². The van der Waals surface area contributed by atoms with Crippen LogP contribution in [0.5, 0.6) is 0 Å². The third kappa shape index (κ3) is 5.06. The van der Waals surface area contributed by atoms with Crippen LogP contribution in [0.1, 0.15) is 30.0 Å². The molecule has 1 saturated carbocycles. The molecule has 2 heterocycles. The van der Waals surface area contributed by atoms with Crippen LogP contribution >= 0.6 is 0 Å². The maximum absolute atomic E-state index is 14.9. The molecular formula is C29H30F2N6O4. The van der Waals surface area contributed by atoms with Crippen LogP contribution in [0.3, 0.4) is 0 Å². The molecule has 2 aromatic carbocycles. The average Bonchev–Trinajstić information content (AvgIpc) is 3.73. The van der Waals surface area contributed by atoms with Crippen LogP contribution in [-0.4, -0.2) is 45.1 Å². The maximum atomic E-state index is 14.9.